The van der Waals surface area contributed by atoms with Gasteiger partial charge in [0, 0.05) is 13.1 Å². The van der Waals surface area contributed by atoms with E-state index in [2.05, 4.69) is 24.0 Å². The number of rotatable bonds is 9. The summed E-state index contributed by atoms with van der Waals surface area (Å²) in [5, 5.41) is 3.33. The van der Waals surface area contributed by atoms with Crippen molar-refractivity contribution in [1.29, 1.82) is 0 Å². The topological polar surface area (TPSA) is 30.5 Å². The fourth-order valence-corrected chi connectivity index (χ4v) is 1.54. The van der Waals surface area contributed by atoms with Crippen molar-refractivity contribution in [2.45, 2.75) is 20.4 Å². The third-order valence-electron chi connectivity index (χ3n) is 2.31. The highest BCUT2D eigenvalue weighted by Gasteiger charge is 1.96. The fraction of sp³-hybridized carbons (Fsp3) is 0.467. The summed E-state index contributed by atoms with van der Waals surface area (Å²) in [6.45, 7) is 11.5. The molecule has 1 aromatic carbocycles. The van der Waals surface area contributed by atoms with E-state index in [-0.39, 0.29) is 0 Å². The first-order valence-electron chi connectivity index (χ1n) is 6.37. The first kappa shape index (κ1) is 14.7. The van der Waals surface area contributed by atoms with Gasteiger partial charge in [0.15, 0.2) is 0 Å². The Morgan fingerprint density at radius 1 is 1.39 bits per heavy atom. The number of nitrogens with one attached hydrogen (secondary N) is 1. The molecule has 0 radical (unpaired) electrons. The molecule has 1 N–H and O–H groups in total. The zero-order valence-corrected chi connectivity index (χ0v) is 11.4. The Bertz CT molecular complexity index is 363. The van der Waals surface area contributed by atoms with Crippen molar-refractivity contribution >= 4 is 0 Å². The minimum Gasteiger partial charge on any atom is -0.494 e. The van der Waals surface area contributed by atoms with Gasteiger partial charge in [-0.25, -0.2) is 0 Å². The van der Waals surface area contributed by atoms with Crippen LogP contribution in [0.15, 0.2) is 36.4 Å². The molecule has 0 spiro atoms. The summed E-state index contributed by atoms with van der Waals surface area (Å²) >= 11 is 0. The molecule has 0 atom stereocenters. The van der Waals surface area contributed by atoms with Crippen molar-refractivity contribution < 1.29 is 9.47 Å². The fourth-order valence-electron chi connectivity index (χ4n) is 1.54. The average Bonchev–Trinajstić information content (AvgIpc) is 2.34. The maximum atomic E-state index is 5.46. The van der Waals surface area contributed by atoms with Crippen LogP contribution in [0, 0.1) is 0 Å². The molecule has 0 aliphatic heterocycles. The maximum Gasteiger partial charge on any atom is 0.119 e. The van der Waals surface area contributed by atoms with Gasteiger partial charge in [-0.3, -0.25) is 0 Å². The van der Waals surface area contributed by atoms with Gasteiger partial charge in [0.25, 0.3) is 0 Å². The molecular weight excluding hydrogens is 226 g/mol. The second-order valence-corrected chi connectivity index (χ2v) is 4.27. The molecular formula is C15H23NO2. The van der Waals surface area contributed by atoms with E-state index in [4.69, 9.17) is 9.47 Å². The minimum absolute atomic E-state index is 0.640. The summed E-state index contributed by atoms with van der Waals surface area (Å²) in [6.07, 6.45) is 0. The lowest BCUT2D eigenvalue weighted by Gasteiger charge is -2.08. The van der Waals surface area contributed by atoms with Gasteiger partial charge in [0.1, 0.15) is 5.75 Å². The molecule has 0 aliphatic carbocycles. The molecule has 3 heteroatoms. The van der Waals surface area contributed by atoms with Crippen LogP contribution in [0.4, 0.5) is 0 Å². The van der Waals surface area contributed by atoms with Gasteiger partial charge >= 0.3 is 0 Å². The zero-order valence-electron chi connectivity index (χ0n) is 11.4. The quantitative estimate of drug-likeness (QED) is 0.539. The van der Waals surface area contributed by atoms with E-state index in [1.807, 2.05) is 26.0 Å². The summed E-state index contributed by atoms with van der Waals surface area (Å²) in [7, 11) is 0. The van der Waals surface area contributed by atoms with Gasteiger partial charge in [-0.2, -0.15) is 0 Å². The minimum atomic E-state index is 0.640. The predicted octanol–water partition coefficient (Wildman–Crippen LogP) is 2.77. The number of hydrogen-bond acceptors (Lipinski definition) is 3. The molecule has 18 heavy (non-hydrogen) atoms. The van der Waals surface area contributed by atoms with E-state index in [0.717, 1.165) is 24.4 Å². The Morgan fingerprint density at radius 3 is 2.94 bits per heavy atom. The van der Waals surface area contributed by atoms with Gasteiger partial charge in [0.2, 0.25) is 0 Å². The second-order valence-electron chi connectivity index (χ2n) is 4.27. The van der Waals surface area contributed by atoms with Crippen LogP contribution in [-0.2, 0) is 11.3 Å². The van der Waals surface area contributed by atoms with Crippen molar-refractivity contribution in [1.82, 2.24) is 5.32 Å². The van der Waals surface area contributed by atoms with Crippen molar-refractivity contribution in [3.8, 4) is 5.75 Å². The number of ether oxygens (including phenoxy) is 2. The van der Waals surface area contributed by atoms with Gasteiger partial charge in [-0.1, -0.05) is 24.3 Å². The van der Waals surface area contributed by atoms with Crippen molar-refractivity contribution in [2.24, 2.45) is 0 Å². The van der Waals surface area contributed by atoms with Crippen LogP contribution in [0.3, 0.4) is 0 Å². The van der Waals surface area contributed by atoms with Crippen molar-refractivity contribution in [3.05, 3.63) is 42.0 Å². The van der Waals surface area contributed by atoms with E-state index in [1.165, 1.54) is 5.56 Å². The summed E-state index contributed by atoms with van der Waals surface area (Å²) in [5.41, 5.74) is 2.28. The summed E-state index contributed by atoms with van der Waals surface area (Å²) in [4.78, 5) is 0. The smallest absolute Gasteiger partial charge is 0.119 e. The largest absolute Gasteiger partial charge is 0.494 e. The maximum absolute atomic E-state index is 5.46. The molecule has 100 valence electrons. The molecule has 0 aliphatic rings. The van der Waals surface area contributed by atoms with Crippen LogP contribution in [0.2, 0.25) is 0 Å². The number of hydrogen-bond donors (Lipinski definition) is 1. The molecule has 1 aromatic rings. The molecule has 0 saturated carbocycles. The SMILES string of the molecule is C=C(C)COCCNCc1cccc(OCC)c1. The van der Waals surface area contributed by atoms with Crippen LogP contribution >= 0.6 is 0 Å². The molecule has 1 rings (SSSR count). The van der Waals surface area contributed by atoms with Gasteiger partial charge in [-0.05, 0) is 31.5 Å². The predicted molar refractivity (Wildman–Crippen MR) is 75.0 cm³/mol. The molecule has 3 nitrogen and oxygen atoms in total. The molecule has 0 saturated heterocycles. The highest BCUT2D eigenvalue weighted by Crippen LogP contribution is 2.12. The van der Waals surface area contributed by atoms with Crippen LogP contribution < -0.4 is 10.1 Å². The second kappa shape index (κ2) is 8.72. The Kier molecular flexibility index (Phi) is 7.14. The van der Waals surface area contributed by atoms with E-state index in [1.54, 1.807) is 0 Å². The van der Waals surface area contributed by atoms with Gasteiger partial charge in [0.05, 0.1) is 19.8 Å². The highest BCUT2D eigenvalue weighted by molar-refractivity contribution is 5.28. The highest BCUT2D eigenvalue weighted by atomic mass is 16.5. The Morgan fingerprint density at radius 2 is 2.22 bits per heavy atom. The Hall–Kier alpha value is -1.32. The average molecular weight is 249 g/mol. The Balaban J connectivity index is 2.18. The van der Waals surface area contributed by atoms with Crippen molar-refractivity contribution in [3.63, 3.8) is 0 Å². The van der Waals surface area contributed by atoms with Crippen LogP contribution in [-0.4, -0.2) is 26.4 Å². The molecule has 0 aromatic heterocycles. The molecule has 0 heterocycles. The van der Waals surface area contributed by atoms with E-state index >= 15 is 0 Å². The summed E-state index contributed by atoms with van der Waals surface area (Å²) < 4.78 is 10.9. The van der Waals surface area contributed by atoms with Gasteiger partial charge < -0.3 is 14.8 Å². The summed E-state index contributed by atoms with van der Waals surface area (Å²) in [6, 6.07) is 8.14. The normalized spacial score (nSPS) is 10.3. The van der Waals surface area contributed by atoms with Crippen LogP contribution in [0.1, 0.15) is 19.4 Å². The number of benzene rings is 1. The zero-order chi connectivity index (χ0) is 13.2. The third kappa shape index (κ3) is 6.42. The lowest BCUT2D eigenvalue weighted by Crippen LogP contribution is -2.19. The molecule has 0 unspecified atom stereocenters. The lowest BCUT2D eigenvalue weighted by molar-refractivity contribution is 0.158. The first-order valence-corrected chi connectivity index (χ1v) is 6.37. The molecule has 0 bridgehead atoms. The van der Waals surface area contributed by atoms with E-state index in [0.29, 0.717) is 19.8 Å². The van der Waals surface area contributed by atoms with Crippen molar-refractivity contribution in [2.75, 3.05) is 26.4 Å². The van der Waals surface area contributed by atoms with Gasteiger partial charge in [-0.15, -0.1) is 0 Å². The summed E-state index contributed by atoms with van der Waals surface area (Å²) in [5.74, 6) is 0.926. The van der Waals surface area contributed by atoms with E-state index < -0.39 is 0 Å². The first-order chi connectivity index (χ1) is 8.72. The third-order valence-corrected chi connectivity index (χ3v) is 2.31. The van der Waals surface area contributed by atoms with Crippen LogP contribution in [0.5, 0.6) is 5.75 Å². The standard InChI is InChI=1S/C15H23NO2/c1-4-18-15-7-5-6-14(10-15)11-16-8-9-17-12-13(2)3/h5-7,10,16H,2,4,8-9,11-12H2,1,3H3. The van der Waals surface area contributed by atoms with Crippen LogP contribution in [0.25, 0.3) is 0 Å². The monoisotopic (exact) mass is 249 g/mol. The lowest BCUT2D eigenvalue weighted by atomic mass is 10.2. The molecule has 0 amide bonds. The Labute approximate surface area is 110 Å². The molecule has 0 fully saturated rings. The van der Waals surface area contributed by atoms with E-state index in [9.17, 15) is 0 Å².